The molecule has 1 saturated heterocycles. The molecule has 1 fully saturated rings. The minimum Gasteiger partial charge on any atom is -0.423 e. The molecular formula is C13H17N3O. The second-order valence-electron chi connectivity index (χ2n) is 4.70. The summed E-state index contributed by atoms with van der Waals surface area (Å²) in [7, 11) is 2.04. The van der Waals surface area contributed by atoms with Crippen LogP contribution in [0.2, 0.25) is 0 Å². The third-order valence-corrected chi connectivity index (χ3v) is 3.30. The van der Waals surface area contributed by atoms with Crippen LogP contribution in [-0.2, 0) is 0 Å². The van der Waals surface area contributed by atoms with Crippen LogP contribution in [0.4, 0.5) is 6.01 Å². The summed E-state index contributed by atoms with van der Waals surface area (Å²) in [5.74, 6) is 0.704. The van der Waals surface area contributed by atoms with Crippen molar-refractivity contribution in [1.82, 2.24) is 10.3 Å². The smallest absolute Gasteiger partial charge is 0.298 e. The molecule has 4 nitrogen and oxygen atoms in total. The Kier molecular flexibility index (Phi) is 2.73. The fourth-order valence-corrected chi connectivity index (χ4v) is 2.36. The Morgan fingerprint density at radius 2 is 2.35 bits per heavy atom. The number of nitrogens with zero attached hydrogens (tertiary/aromatic N) is 2. The van der Waals surface area contributed by atoms with E-state index in [-0.39, 0.29) is 0 Å². The van der Waals surface area contributed by atoms with Gasteiger partial charge >= 0.3 is 0 Å². The Labute approximate surface area is 101 Å². The van der Waals surface area contributed by atoms with E-state index in [1.807, 2.05) is 31.3 Å². The summed E-state index contributed by atoms with van der Waals surface area (Å²) in [5, 5.41) is 3.38. The summed E-state index contributed by atoms with van der Waals surface area (Å²) in [5.41, 5.74) is 1.79. The Balaban J connectivity index is 1.77. The first-order chi connectivity index (χ1) is 8.33. The summed E-state index contributed by atoms with van der Waals surface area (Å²) >= 11 is 0. The van der Waals surface area contributed by atoms with E-state index < -0.39 is 0 Å². The molecule has 0 spiro atoms. The highest BCUT2D eigenvalue weighted by Gasteiger charge is 2.18. The van der Waals surface area contributed by atoms with E-state index >= 15 is 0 Å². The number of hydrogen-bond donors (Lipinski definition) is 1. The molecule has 3 rings (SSSR count). The molecule has 1 atom stereocenters. The maximum Gasteiger partial charge on any atom is 0.298 e. The predicted molar refractivity (Wildman–Crippen MR) is 68.3 cm³/mol. The van der Waals surface area contributed by atoms with E-state index in [1.165, 1.54) is 6.42 Å². The molecule has 0 bridgehead atoms. The van der Waals surface area contributed by atoms with Gasteiger partial charge in [0.05, 0.1) is 0 Å². The van der Waals surface area contributed by atoms with Crippen molar-refractivity contribution < 1.29 is 4.42 Å². The number of hydrogen-bond acceptors (Lipinski definition) is 4. The Hall–Kier alpha value is -1.55. The predicted octanol–water partition coefficient (Wildman–Crippen LogP) is 1.87. The zero-order valence-electron chi connectivity index (χ0n) is 10.0. The van der Waals surface area contributed by atoms with Gasteiger partial charge in [0.2, 0.25) is 0 Å². The van der Waals surface area contributed by atoms with Gasteiger partial charge in [-0.2, -0.15) is 4.98 Å². The molecule has 2 aromatic rings. The number of anilines is 1. The van der Waals surface area contributed by atoms with Crippen LogP contribution in [-0.4, -0.2) is 31.7 Å². The van der Waals surface area contributed by atoms with Gasteiger partial charge in [0, 0.05) is 13.6 Å². The summed E-state index contributed by atoms with van der Waals surface area (Å²) in [6, 6.07) is 8.61. The molecular weight excluding hydrogens is 214 g/mol. The molecule has 1 aromatic carbocycles. The molecule has 0 unspecified atom stereocenters. The van der Waals surface area contributed by atoms with E-state index in [4.69, 9.17) is 4.42 Å². The van der Waals surface area contributed by atoms with Crippen LogP contribution in [0.15, 0.2) is 28.7 Å². The van der Waals surface area contributed by atoms with Crippen LogP contribution in [0.3, 0.4) is 0 Å². The highest BCUT2D eigenvalue weighted by atomic mass is 16.4. The lowest BCUT2D eigenvalue weighted by molar-refractivity contribution is 0.527. The van der Waals surface area contributed by atoms with Gasteiger partial charge in [-0.1, -0.05) is 12.1 Å². The quantitative estimate of drug-likeness (QED) is 0.875. The van der Waals surface area contributed by atoms with Crippen LogP contribution in [0, 0.1) is 5.92 Å². The Morgan fingerprint density at radius 3 is 3.12 bits per heavy atom. The molecule has 1 aliphatic heterocycles. The van der Waals surface area contributed by atoms with Crippen molar-refractivity contribution in [2.24, 2.45) is 5.92 Å². The number of benzene rings is 1. The topological polar surface area (TPSA) is 41.3 Å². The van der Waals surface area contributed by atoms with Crippen LogP contribution in [0.5, 0.6) is 0 Å². The van der Waals surface area contributed by atoms with Gasteiger partial charge in [0.1, 0.15) is 5.52 Å². The van der Waals surface area contributed by atoms with Crippen LogP contribution < -0.4 is 10.2 Å². The second kappa shape index (κ2) is 4.37. The third-order valence-electron chi connectivity index (χ3n) is 3.30. The zero-order chi connectivity index (χ0) is 11.7. The molecule has 0 aliphatic carbocycles. The number of fused-ring (bicyclic) bond motifs is 1. The number of para-hydroxylation sites is 2. The molecule has 17 heavy (non-hydrogen) atoms. The molecule has 1 aliphatic rings. The fourth-order valence-electron chi connectivity index (χ4n) is 2.36. The van der Waals surface area contributed by atoms with Gasteiger partial charge in [-0.15, -0.1) is 0 Å². The van der Waals surface area contributed by atoms with Crippen molar-refractivity contribution in [3.63, 3.8) is 0 Å². The average molecular weight is 231 g/mol. The maximum atomic E-state index is 5.73. The van der Waals surface area contributed by atoms with E-state index in [1.54, 1.807) is 0 Å². The molecule has 2 heterocycles. The summed E-state index contributed by atoms with van der Waals surface area (Å²) < 4.78 is 5.73. The number of aromatic nitrogens is 1. The minimum atomic E-state index is 0.704. The highest BCUT2D eigenvalue weighted by Crippen LogP contribution is 2.22. The van der Waals surface area contributed by atoms with Gasteiger partial charge in [-0.05, 0) is 37.6 Å². The summed E-state index contributed by atoms with van der Waals surface area (Å²) in [6.07, 6.45) is 1.24. The molecule has 0 saturated carbocycles. The minimum absolute atomic E-state index is 0.704. The molecule has 1 aromatic heterocycles. The van der Waals surface area contributed by atoms with E-state index in [0.717, 1.165) is 36.7 Å². The number of nitrogens with one attached hydrogen (secondary N) is 1. The second-order valence-corrected chi connectivity index (χ2v) is 4.70. The molecule has 4 heteroatoms. The third kappa shape index (κ3) is 2.13. The van der Waals surface area contributed by atoms with Gasteiger partial charge in [-0.3, -0.25) is 0 Å². The first kappa shape index (κ1) is 10.6. The number of oxazole rings is 1. The zero-order valence-corrected chi connectivity index (χ0v) is 10.0. The summed E-state index contributed by atoms with van der Waals surface area (Å²) in [6.45, 7) is 3.23. The lowest BCUT2D eigenvalue weighted by atomic mass is 10.1. The highest BCUT2D eigenvalue weighted by molar-refractivity contribution is 5.74. The standard InChI is InChI=1S/C13H17N3O/c1-16(9-10-6-7-14-8-10)13-15-11-4-2-3-5-12(11)17-13/h2-5,10,14H,6-9H2,1H3/t10-/m0/s1. The van der Waals surface area contributed by atoms with E-state index in [0.29, 0.717) is 5.92 Å². The van der Waals surface area contributed by atoms with Crippen molar-refractivity contribution in [3.05, 3.63) is 24.3 Å². The molecule has 1 N–H and O–H groups in total. The normalized spacial score (nSPS) is 19.9. The fraction of sp³-hybridized carbons (Fsp3) is 0.462. The average Bonchev–Trinajstić information content (AvgIpc) is 2.96. The summed E-state index contributed by atoms with van der Waals surface area (Å²) in [4.78, 5) is 6.60. The van der Waals surface area contributed by atoms with Crippen LogP contribution in [0.25, 0.3) is 11.1 Å². The Bertz CT molecular complexity index is 469. The first-order valence-electron chi connectivity index (χ1n) is 6.10. The Morgan fingerprint density at radius 1 is 1.47 bits per heavy atom. The van der Waals surface area contributed by atoms with E-state index in [2.05, 4.69) is 15.2 Å². The lowest BCUT2D eigenvalue weighted by Crippen LogP contribution is -2.26. The van der Waals surface area contributed by atoms with Crippen LogP contribution in [0.1, 0.15) is 6.42 Å². The monoisotopic (exact) mass is 231 g/mol. The van der Waals surface area contributed by atoms with Gasteiger partial charge < -0.3 is 14.6 Å². The number of rotatable bonds is 3. The van der Waals surface area contributed by atoms with Gasteiger partial charge in [0.25, 0.3) is 6.01 Å². The first-order valence-corrected chi connectivity index (χ1v) is 6.10. The van der Waals surface area contributed by atoms with Crippen molar-refractivity contribution in [2.45, 2.75) is 6.42 Å². The van der Waals surface area contributed by atoms with Crippen molar-refractivity contribution in [3.8, 4) is 0 Å². The molecule has 90 valence electrons. The van der Waals surface area contributed by atoms with E-state index in [9.17, 15) is 0 Å². The molecule has 0 amide bonds. The van der Waals surface area contributed by atoms with Gasteiger partial charge in [0.15, 0.2) is 5.58 Å². The van der Waals surface area contributed by atoms with Crippen molar-refractivity contribution in [1.29, 1.82) is 0 Å². The van der Waals surface area contributed by atoms with Crippen molar-refractivity contribution >= 4 is 17.1 Å². The molecule has 0 radical (unpaired) electrons. The van der Waals surface area contributed by atoms with Crippen LogP contribution >= 0.6 is 0 Å². The van der Waals surface area contributed by atoms with Gasteiger partial charge in [-0.25, -0.2) is 0 Å². The lowest BCUT2D eigenvalue weighted by Gasteiger charge is -2.18. The van der Waals surface area contributed by atoms with Crippen molar-refractivity contribution in [2.75, 3.05) is 31.6 Å². The largest absolute Gasteiger partial charge is 0.423 e. The maximum absolute atomic E-state index is 5.73. The SMILES string of the molecule is CN(C[C@H]1CCNC1)c1nc2ccccc2o1.